The third-order valence-electron chi connectivity index (χ3n) is 1.67. The summed E-state index contributed by atoms with van der Waals surface area (Å²) in [6.07, 6.45) is 0. The van der Waals surface area contributed by atoms with Gasteiger partial charge < -0.3 is 0 Å². The van der Waals surface area contributed by atoms with Gasteiger partial charge in [-0.15, -0.1) is 0 Å². The van der Waals surface area contributed by atoms with E-state index < -0.39 is 0 Å². The maximum atomic E-state index is 4.03. The highest BCUT2D eigenvalue weighted by Gasteiger charge is 1.89. The highest BCUT2D eigenvalue weighted by Crippen LogP contribution is 2.17. The fourth-order valence-electron chi connectivity index (χ4n) is 0.929. The minimum atomic E-state index is 0.694. The van der Waals surface area contributed by atoms with Gasteiger partial charge in [-0.05, 0) is 38.1 Å². The molecule has 0 aromatic heterocycles. The number of hydrogen-bond donors (Lipinski definition) is 0. The molecule has 0 N–H and O–H groups in total. The van der Waals surface area contributed by atoms with Crippen LogP contribution in [0, 0.1) is 0 Å². The van der Waals surface area contributed by atoms with E-state index in [1.807, 2.05) is 38.1 Å². The molecule has 0 amide bonds. The van der Waals surface area contributed by atoms with Gasteiger partial charge in [-0.25, -0.2) is 9.98 Å². The van der Waals surface area contributed by atoms with E-state index in [0.29, 0.717) is 13.1 Å². The summed E-state index contributed by atoms with van der Waals surface area (Å²) in [4.78, 5) is 15.8. The molecule has 0 radical (unpaired) electrons. The molecule has 0 saturated heterocycles. The van der Waals surface area contributed by atoms with Crippen LogP contribution in [0.5, 0.6) is 0 Å². The first-order chi connectivity index (χ1) is 7.86. The minimum Gasteiger partial charge on any atom is -0.226 e. The lowest BCUT2D eigenvalue weighted by molar-refractivity contribution is 1.14. The highest BCUT2D eigenvalue weighted by atomic mass is 14.8. The summed E-state index contributed by atoms with van der Waals surface area (Å²) in [5.41, 5.74) is 1.62. The fraction of sp³-hybridized carbons (Fsp3) is 0.333. The van der Waals surface area contributed by atoms with Crippen LogP contribution in [-0.2, 0) is 0 Å². The van der Waals surface area contributed by atoms with E-state index in [-0.39, 0.29) is 0 Å². The summed E-state index contributed by atoms with van der Waals surface area (Å²) in [5.74, 6) is 0. The van der Waals surface area contributed by atoms with Gasteiger partial charge in [-0.3, -0.25) is 0 Å². The molecule has 0 heterocycles. The zero-order chi connectivity index (χ0) is 11.6. The largest absolute Gasteiger partial charge is 0.226 e. The van der Waals surface area contributed by atoms with Crippen molar-refractivity contribution in [1.82, 2.24) is 0 Å². The van der Waals surface area contributed by atoms with Gasteiger partial charge in [0.05, 0.1) is 23.4 Å². The predicted molar refractivity (Wildman–Crippen MR) is 66.6 cm³/mol. The molecule has 0 saturated carbocycles. The Hall–Kier alpha value is -2.02. The van der Waals surface area contributed by atoms with Crippen molar-refractivity contribution < 1.29 is 0 Å². The van der Waals surface area contributed by atoms with Crippen LogP contribution in [0.15, 0.2) is 44.2 Å². The lowest BCUT2D eigenvalue weighted by atomic mass is 10.3. The Morgan fingerprint density at radius 1 is 0.812 bits per heavy atom. The third kappa shape index (κ3) is 4.47. The average molecular weight is 214 g/mol. The number of benzene rings is 1. The van der Waals surface area contributed by atoms with Crippen molar-refractivity contribution >= 4 is 23.4 Å². The van der Waals surface area contributed by atoms with E-state index in [4.69, 9.17) is 0 Å². The molecule has 82 valence electrons. The van der Waals surface area contributed by atoms with Crippen molar-refractivity contribution in [1.29, 1.82) is 0 Å². The quantitative estimate of drug-likeness (QED) is 0.690. The smallest absolute Gasteiger partial charge is 0.0948 e. The molecule has 0 spiro atoms. The van der Waals surface area contributed by atoms with Crippen LogP contribution in [-0.4, -0.2) is 25.1 Å². The second-order valence-corrected chi connectivity index (χ2v) is 2.89. The Bertz CT molecular complexity index is 390. The van der Waals surface area contributed by atoms with Gasteiger partial charge in [-0.2, -0.15) is 9.98 Å². The zero-order valence-electron chi connectivity index (χ0n) is 9.51. The van der Waals surface area contributed by atoms with Crippen LogP contribution in [0.4, 0.5) is 11.4 Å². The van der Waals surface area contributed by atoms with Gasteiger partial charge in [0.25, 0.3) is 0 Å². The number of hydrogen-bond acceptors (Lipinski definition) is 4. The van der Waals surface area contributed by atoms with E-state index in [1.54, 1.807) is 0 Å². The van der Waals surface area contributed by atoms with Crippen molar-refractivity contribution in [2.75, 3.05) is 13.1 Å². The molecular formula is C12H14N4. The van der Waals surface area contributed by atoms with Crippen molar-refractivity contribution in [3.63, 3.8) is 0 Å². The summed E-state index contributed by atoms with van der Waals surface area (Å²) < 4.78 is 0. The molecule has 0 unspecified atom stereocenters. The van der Waals surface area contributed by atoms with Crippen LogP contribution in [0.2, 0.25) is 0 Å². The topological polar surface area (TPSA) is 49.4 Å². The average Bonchev–Trinajstić information content (AvgIpc) is 2.32. The van der Waals surface area contributed by atoms with Crippen LogP contribution in [0.25, 0.3) is 0 Å². The molecule has 0 bridgehead atoms. The lowest BCUT2D eigenvalue weighted by Gasteiger charge is -1.91. The van der Waals surface area contributed by atoms with Gasteiger partial charge in [0, 0.05) is 13.1 Å². The maximum Gasteiger partial charge on any atom is 0.0948 e. The number of rotatable bonds is 4. The lowest BCUT2D eigenvalue weighted by Crippen LogP contribution is -1.68. The second-order valence-electron chi connectivity index (χ2n) is 2.89. The first-order valence-electron chi connectivity index (χ1n) is 5.21. The molecule has 1 rings (SSSR count). The molecule has 0 aliphatic carbocycles. The summed E-state index contributed by atoms with van der Waals surface area (Å²) in [6.45, 7) is 5.26. The Balaban J connectivity index is 2.75. The molecule has 0 aliphatic rings. The second kappa shape index (κ2) is 7.30. The van der Waals surface area contributed by atoms with Gasteiger partial charge in [0.15, 0.2) is 0 Å². The summed E-state index contributed by atoms with van der Waals surface area (Å²) in [6, 6.07) is 12.6. The van der Waals surface area contributed by atoms with Gasteiger partial charge >= 0.3 is 0 Å². The minimum absolute atomic E-state index is 0.694. The molecule has 0 fully saturated rings. The Kier molecular flexibility index (Phi) is 5.49. The molecular weight excluding hydrogens is 200 g/mol. The molecule has 1 aromatic rings. The van der Waals surface area contributed by atoms with E-state index in [2.05, 4.69) is 32.0 Å². The highest BCUT2D eigenvalue weighted by molar-refractivity contribution is 5.58. The van der Waals surface area contributed by atoms with Gasteiger partial charge in [0.1, 0.15) is 0 Å². The summed E-state index contributed by atoms with van der Waals surface area (Å²) in [5, 5.41) is 0. The van der Waals surface area contributed by atoms with Gasteiger partial charge in [-0.1, -0.05) is 0 Å². The van der Waals surface area contributed by atoms with E-state index >= 15 is 0 Å². The molecule has 1 aromatic carbocycles. The SMILES string of the molecule is CCN=C=Nc1ccc(N=C=NCC)cc1. The molecule has 0 atom stereocenters. The van der Waals surface area contributed by atoms with E-state index in [0.717, 1.165) is 11.4 Å². The van der Waals surface area contributed by atoms with Crippen molar-refractivity contribution in [3.05, 3.63) is 24.3 Å². The van der Waals surface area contributed by atoms with Crippen LogP contribution in [0.1, 0.15) is 13.8 Å². The Labute approximate surface area is 95.2 Å². The van der Waals surface area contributed by atoms with Crippen LogP contribution >= 0.6 is 0 Å². The van der Waals surface area contributed by atoms with Gasteiger partial charge in [0.2, 0.25) is 0 Å². The third-order valence-corrected chi connectivity index (χ3v) is 1.67. The standard InChI is InChI=1S/C12H14N4/c1-3-13-9-15-11-5-7-12(8-6-11)16-10-14-4-2/h5-8H,3-4H2,1-2H3. The first-order valence-corrected chi connectivity index (χ1v) is 5.21. The van der Waals surface area contributed by atoms with Crippen LogP contribution in [0.3, 0.4) is 0 Å². The number of nitrogens with zero attached hydrogens (tertiary/aromatic N) is 4. The van der Waals surface area contributed by atoms with E-state index in [9.17, 15) is 0 Å². The van der Waals surface area contributed by atoms with E-state index in [1.165, 1.54) is 0 Å². The summed E-state index contributed by atoms with van der Waals surface area (Å²) >= 11 is 0. The molecule has 0 aliphatic heterocycles. The number of aliphatic imine (C=N–C) groups is 4. The molecule has 4 nitrogen and oxygen atoms in total. The summed E-state index contributed by atoms with van der Waals surface area (Å²) in [7, 11) is 0. The predicted octanol–water partition coefficient (Wildman–Crippen LogP) is 3.34. The van der Waals surface area contributed by atoms with Crippen molar-refractivity contribution in [3.8, 4) is 0 Å². The first kappa shape index (κ1) is 12.1. The monoisotopic (exact) mass is 214 g/mol. The Morgan fingerprint density at radius 3 is 1.50 bits per heavy atom. The fourth-order valence-corrected chi connectivity index (χ4v) is 0.929. The zero-order valence-corrected chi connectivity index (χ0v) is 9.51. The Morgan fingerprint density at radius 2 is 1.19 bits per heavy atom. The van der Waals surface area contributed by atoms with Crippen molar-refractivity contribution in [2.45, 2.75) is 13.8 Å². The normalized spacial score (nSPS) is 8.62. The van der Waals surface area contributed by atoms with Crippen molar-refractivity contribution in [2.24, 2.45) is 20.0 Å². The maximum absolute atomic E-state index is 4.03. The van der Waals surface area contributed by atoms with Crippen LogP contribution < -0.4 is 0 Å². The molecule has 4 heteroatoms. The molecule has 16 heavy (non-hydrogen) atoms.